The van der Waals surface area contributed by atoms with E-state index >= 15 is 0 Å². The Morgan fingerprint density at radius 1 is 1.45 bits per heavy atom. The van der Waals surface area contributed by atoms with Gasteiger partial charge in [-0.1, -0.05) is 0 Å². The van der Waals surface area contributed by atoms with Crippen LogP contribution in [0.2, 0.25) is 0 Å². The highest BCUT2D eigenvalue weighted by atomic mass is 16.5. The summed E-state index contributed by atoms with van der Waals surface area (Å²) in [5, 5.41) is 2.83. The second-order valence-electron chi connectivity index (χ2n) is 5.04. The molecular weight excluding hydrogens is 256 g/mol. The van der Waals surface area contributed by atoms with Gasteiger partial charge in [-0.05, 0) is 37.8 Å². The van der Waals surface area contributed by atoms with E-state index in [0.29, 0.717) is 36.3 Å². The average Bonchev–Trinajstić information content (AvgIpc) is 2.38. The summed E-state index contributed by atoms with van der Waals surface area (Å²) in [5.74, 6) is 0.536. The number of benzene rings is 1. The Labute approximate surface area is 119 Å². The van der Waals surface area contributed by atoms with Gasteiger partial charge in [-0.2, -0.15) is 0 Å². The molecule has 0 saturated heterocycles. The highest BCUT2D eigenvalue weighted by Crippen LogP contribution is 2.26. The van der Waals surface area contributed by atoms with E-state index in [1.165, 1.54) is 6.42 Å². The monoisotopic (exact) mass is 278 g/mol. The van der Waals surface area contributed by atoms with Crippen molar-refractivity contribution in [3.63, 3.8) is 0 Å². The van der Waals surface area contributed by atoms with Crippen LogP contribution in [0.25, 0.3) is 0 Å². The third kappa shape index (κ3) is 4.13. The molecule has 0 bridgehead atoms. The van der Waals surface area contributed by atoms with Crippen molar-refractivity contribution >= 4 is 17.3 Å². The summed E-state index contributed by atoms with van der Waals surface area (Å²) in [6.07, 6.45) is 5.20. The predicted octanol–water partition coefficient (Wildman–Crippen LogP) is 2.57. The standard InChI is InChI=1S/C15H22N2O3/c1-19-14-10-11(16)7-8-13(14)17-15(18)6-3-9-20-12-4-2-5-12/h7-8,10,12H,2-6,9,16H2,1H3,(H,17,18). The van der Waals surface area contributed by atoms with E-state index in [0.717, 1.165) is 19.3 Å². The Kier molecular flexibility index (Phi) is 5.24. The van der Waals surface area contributed by atoms with Crippen molar-refractivity contribution in [2.75, 3.05) is 24.8 Å². The minimum absolute atomic E-state index is 0.0368. The molecular formula is C15H22N2O3. The van der Waals surface area contributed by atoms with Gasteiger partial charge in [0.2, 0.25) is 5.91 Å². The lowest BCUT2D eigenvalue weighted by atomic mass is 9.96. The van der Waals surface area contributed by atoms with Crippen molar-refractivity contribution in [2.45, 2.75) is 38.2 Å². The van der Waals surface area contributed by atoms with Gasteiger partial charge >= 0.3 is 0 Å². The molecule has 0 radical (unpaired) electrons. The number of hydrogen-bond acceptors (Lipinski definition) is 4. The summed E-state index contributed by atoms with van der Waals surface area (Å²) in [7, 11) is 1.55. The van der Waals surface area contributed by atoms with Crippen molar-refractivity contribution in [3.05, 3.63) is 18.2 Å². The highest BCUT2D eigenvalue weighted by Gasteiger charge is 2.17. The first-order valence-electron chi connectivity index (χ1n) is 7.04. The number of nitrogens with two attached hydrogens (primary N) is 1. The fourth-order valence-electron chi connectivity index (χ4n) is 2.04. The smallest absolute Gasteiger partial charge is 0.224 e. The number of rotatable bonds is 7. The van der Waals surface area contributed by atoms with Gasteiger partial charge in [0, 0.05) is 24.8 Å². The van der Waals surface area contributed by atoms with Crippen molar-refractivity contribution in [3.8, 4) is 5.75 Å². The zero-order valence-corrected chi connectivity index (χ0v) is 11.9. The van der Waals surface area contributed by atoms with E-state index in [-0.39, 0.29) is 5.91 Å². The maximum Gasteiger partial charge on any atom is 0.224 e. The second kappa shape index (κ2) is 7.14. The van der Waals surface area contributed by atoms with Crippen LogP contribution in [-0.4, -0.2) is 25.7 Å². The molecule has 0 aromatic heterocycles. The van der Waals surface area contributed by atoms with Gasteiger partial charge in [-0.25, -0.2) is 0 Å². The van der Waals surface area contributed by atoms with Crippen LogP contribution in [0.3, 0.4) is 0 Å². The van der Waals surface area contributed by atoms with Gasteiger partial charge in [0.1, 0.15) is 5.75 Å². The number of methoxy groups -OCH3 is 1. The Morgan fingerprint density at radius 2 is 2.25 bits per heavy atom. The Morgan fingerprint density at radius 3 is 2.90 bits per heavy atom. The molecule has 1 aromatic carbocycles. The number of amides is 1. The van der Waals surface area contributed by atoms with Crippen LogP contribution >= 0.6 is 0 Å². The first-order valence-corrected chi connectivity index (χ1v) is 7.04. The van der Waals surface area contributed by atoms with E-state index in [1.807, 2.05) is 0 Å². The number of ether oxygens (including phenoxy) is 2. The fourth-order valence-corrected chi connectivity index (χ4v) is 2.04. The first-order chi connectivity index (χ1) is 9.69. The zero-order chi connectivity index (χ0) is 14.4. The van der Waals surface area contributed by atoms with Crippen LogP contribution in [0.15, 0.2) is 18.2 Å². The van der Waals surface area contributed by atoms with E-state index < -0.39 is 0 Å². The lowest BCUT2D eigenvalue weighted by Gasteiger charge is -2.25. The Bertz CT molecular complexity index is 458. The molecule has 3 N–H and O–H groups in total. The topological polar surface area (TPSA) is 73.6 Å². The molecule has 5 heteroatoms. The van der Waals surface area contributed by atoms with Crippen LogP contribution in [-0.2, 0) is 9.53 Å². The maximum absolute atomic E-state index is 11.8. The van der Waals surface area contributed by atoms with Crippen molar-refractivity contribution in [1.82, 2.24) is 0 Å². The molecule has 0 aliphatic heterocycles. The normalized spacial score (nSPS) is 14.7. The average molecular weight is 278 g/mol. The van der Waals surface area contributed by atoms with Crippen LogP contribution in [0.5, 0.6) is 5.75 Å². The van der Waals surface area contributed by atoms with Crippen molar-refractivity contribution in [1.29, 1.82) is 0 Å². The number of nitrogens with one attached hydrogen (secondary N) is 1. The fraction of sp³-hybridized carbons (Fsp3) is 0.533. The quantitative estimate of drug-likeness (QED) is 0.594. The first kappa shape index (κ1) is 14.7. The predicted molar refractivity (Wildman–Crippen MR) is 78.9 cm³/mol. The molecule has 0 spiro atoms. The second-order valence-corrected chi connectivity index (χ2v) is 5.04. The molecule has 1 aliphatic carbocycles. The largest absolute Gasteiger partial charge is 0.494 e. The Balaban J connectivity index is 1.73. The van der Waals surface area contributed by atoms with E-state index in [2.05, 4.69) is 5.32 Å². The summed E-state index contributed by atoms with van der Waals surface area (Å²) >= 11 is 0. The van der Waals surface area contributed by atoms with Gasteiger partial charge in [0.05, 0.1) is 18.9 Å². The molecule has 110 valence electrons. The maximum atomic E-state index is 11.8. The van der Waals surface area contributed by atoms with Gasteiger partial charge in [0.25, 0.3) is 0 Å². The van der Waals surface area contributed by atoms with Crippen LogP contribution in [0.4, 0.5) is 11.4 Å². The van der Waals surface area contributed by atoms with Gasteiger partial charge in [-0.3, -0.25) is 4.79 Å². The lowest BCUT2D eigenvalue weighted by molar-refractivity contribution is -0.116. The van der Waals surface area contributed by atoms with Crippen LogP contribution in [0, 0.1) is 0 Å². The summed E-state index contributed by atoms with van der Waals surface area (Å²) in [5.41, 5.74) is 6.92. The van der Waals surface area contributed by atoms with Crippen molar-refractivity contribution < 1.29 is 14.3 Å². The molecule has 1 amide bonds. The number of hydrogen-bond donors (Lipinski definition) is 2. The Hall–Kier alpha value is -1.75. The van der Waals surface area contributed by atoms with E-state index in [1.54, 1.807) is 25.3 Å². The number of anilines is 2. The number of carbonyl (C=O) groups is 1. The number of carbonyl (C=O) groups excluding carboxylic acids is 1. The summed E-state index contributed by atoms with van der Waals surface area (Å²) < 4.78 is 10.8. The summed E-state index contributed by atoms with van der Waals surface area (Å²) in [6.45, 7) is 0.650. The molecule has 5 nitrogen and oxygen atoms in total. The molecule has 0 atom stereocenters. The minimum Gasteiger partial charge on any atom is -0.494 e. The highest BCUT2D eigenvalue weighted by molar-refractivity contribution is 5.92. The SMILES string of the molecule is COc1cc(N)ccc1NC(=O)CCCOC1CCC1. The molecule has 0 unspecified atom stereocenters. The third-order valence-electron chi connectivity index (χ3n) is 3.45. The molecule has 1 aliphatic rings. The van der Waals surface area contributed by atoms with E-state index in [9.17, 15) is 4.79 Å². The molecule has 0 heterocycles. The molecule has 2 rings (SSSR count). The van der Waals surface area contributed by atoms with Crippen LogP contribution in [0.1, 0.15) is 32.1 Å². The summed E-state index contributed by atoms with van der Waals surface area (Å²) in [4.78, 5) is 11.8. The van der Waals surface area contributed by atoms with E-state index in [4.69, 9.17) is 15.2 Å². The number of nitrogen functional groups attached to an aromatic ring is 1. The molecule has 20 heavy (non-hydrogen) atoms. The van der Waals surface area contributed by atoms with Crippen molar-refractivity contribution in [2.24, 2.45) is 0 Å². The molecule has 1 fully saturated rings. The molecule has 1 aromatic rings. The van der Waals surface area contributed by atoms with Gasteiger partial charge in [-0.15, -0.1) is 0 Å². The molecule has 1 saturated carbocycles. The van der Waals surface area contributed by atoms with Gasteiger partial charge in [0.15, 0.2) is 0 Å². The lowest BCUT2D eigenvalue weighted by Crippen LogP contribution is -2.22. The zero-order valence-electron chi connectivity index (χ0n) is 11.9. The minimum atomic E-state index is -0.0368. The third-order valence-corrected chi connectivity index (χ3v) is 3.45. The summed E-state index contributed by atoms with van der Waals surface area (Å²) in [6, 6.07) is 5.17. The van der Waals surface area contributed by atoms with Gasteiger partial charge < -0.3 is 20.5 Å². The van der Waals surface area contributed by atoms with Crippen LogP contribution < -0.4 is 15.8 Å².